The molecule has 0 spiro atoms. The zero-order chi connectivity index (χ0) is 14.7. The number of thiazole rings is 1. The van der Waals surface area contributed by atoms with E-state index in [4.69, 9.17) is 19.9 Å². The van der Waals surface area contributed by atoms with Crippen molar-refractivity contribution in [2.45, 2.75) is 32.4 Å². The summed E-state index contributed by atoms with van der Waals surface area (Å²) in [7, 11) is 0. The predicted molar refractivity (Wildman–Crippen MR) is 81.0 cm³/mol. The fourth-order valence-corrected chi connectivity index (χ4v) is 2.68. The summed E-state index contributed by atoms with van der Waals surface area (Å²) in [5.74, 6) is 2.27. The molecular formula is C15H18N2O3S. The first kappa shape index (κ1) is 14.2. The molecule has 6 heteroatoms. The summed E-state index contributed by atoms with van der Waals surface area (Å²) in [6.45, 7) is 2.78. The van der Waals surface area contributed by atoms with Gasteiger partial charge < -0.3 is 19.9 Å². The van der Waals surface area contributed by atoms with E-state index in [2.05, 4.69) is 11.9 Å². The molecule has 21 heavy (non-hydrogen) atoms. The summed E-state index contributed by atoms with van der Waals surface area (Å²) in [4.78, 5) is 4.22. The monoisotopic (exact) mass is 306 g/mol. The van der Waals surface area contributed by atoms with Crippen LogP contribution in [0, 0.1) is 0 Å². The van der Waals surface area contributed by atoms with E-state index in [1.54, 1.807) is 17.5 Å². The highest BCUT2D eigenvalue weighted by molar-refractivity contribution is 7.09. The second-order valence-electron chi connectivity index (χ2n) is 4.90. The van der Waals surface area contributed by atoms with Gasteiger partial charge in [-0.1, -0.05) is 6.92 Å². The highest BCUT2D eigenvalue weighted by atomic mass is 32.1. The molecule has 5 nitrogen and oxygen atoms in total. The van der Waals surface area contributed by atoms with E-state index in [0.717, 1.165) is 40.7 Å². The number of nitrogens with zero attached hydrogens (tertiary/aromatic N) is 1. The molecule has 1 unspecified atom stereocenters. The number of nitrogens with two attached hydrogens (primary N) is 1. The van der Waals surface area contributed by atoms with Gasteiger partial charge in [-0.05, 0) is 24.5 Å². The van der Waals surface area contributed by atoms with Crippen LogP contribution < -0.4 is 19.9 Å². The Morgan fingerprint density at radius 2 is 2.19 bits per heavy atom. The molecule has 0 amide bonds. The zero-order valence-corrected chi connectivity index (χ0v) is 12.7. The standard InChI is InChI=1S/C15H18N2O3S/c1-2-11(16)5-10-6-13-14(20-9-19-13)7-12(10)18-8-15-17-3-4-21-15/h3-4,6-7,11H,2,5,8-9,16H2,1H3. The summed E-state index contributed by atoms with van der Waals surface area (Å²) in [5.41, 5.74) is 7.12. The van der Waals surface area contributed by atoms with Gasteiger partial charge in [-0.3, -0.25) is 0 Å². The summed E-state index contributed by atoms with van der Waals surface area (Å²) in [6.07, 6.45) is 3.44. The Hall–Kier alpha value is -1.79. The van der Waals surface area contributed by atoms with Gasteiger partial charge in [0.1, 0.15) is 17.4 Å². The van der Waals surface area contributed by atoms with E-state index in [1.807, 2.05) is 17.5 Å². The van der Waals surface area contributed by atoms with Crippen LogP contribution in [0.25, 0.3) is 0 Å². The summed E-state index contributed by atoms with van der Waals surface area (Å²) in [6, 6.07) is 3.95. The molecule has 0 saturated carbocycles. The molecule has 2 heterocycles. The van der Waals surface area contributed by atoms with Gasteiger partial charge >= 0.3 is 0 Å². The van der Waals surface area contributed by atoms with Gasteiger partial charge in [0.2, 0.25) is 6.79 Å². The van der Waals surface area contributed by atoms with Crippen molar-refractivity contribution in [2.24, 2.45) is 5.73 Å². The van der Waals surface area contributed by atoms with Gasteiger partial charge in [0.25, 0.3) is 0 Å². The van der Waals surface area contributed by atoms with Crippen molar-refractivity contribution in [2.75, 3.05) is 6.79 Å². The number of hydrogen-bond acceptors (Lipinski definition) is 6. The van der Waals surface area contributed by atoms with E-state index in [0.29, 0.717) is 6.61 Å². The number of rotatable bonds is 6. The summed E-state index contributed by atoms with van der Waals surface area (Å²) in [5, 5.41) is 2.88. The van der Waals surface area contributed by atoms with Crippen molar-refractivity contribution in [1.29, 1.82) is 0 Å². The maximum absolute atomic E-state index is 6.07. The van der Waals surface area contributed by atoms with Gasteiger partial charge in [0, 0.05) is 23.7 Å². The highest BCUT2D eigenvalue weighted by Crippen LogP contribution is 2.39. The lowest BCUT2D eigenvalue weighted by Crippen LogP contribution is -2.21. The molecule has 1 atom stereocenters. The normalized spacial score (nSPS) is 14.2. The maximum Gasteiger partial charge on any atom is 0.231 e. The fourth-order valence-electron chi connectivity index (χ4n) is 2.15. The Labute approximate surface area is 127 Å². The van der Waals surface area contributed by atoms with Crippen molar-refractivity contribution in [3.63, 3.8) is 0 Å². The van der Waals surface area contributed by atoms with Crippen LogP contribution in [0.4, 0.5) is 0 Å². The van der Waals surface area contributed by atoms with E-state index < -0.39 is 0 Å². The van der Waals surface area contributed by atoms with Gasteiger partial charge in [-0.2, -0.15) is 0 Å². The van der Waals surface area contributed by atoms with Crippen molar-refractivity contribution in [3.8, 4) is 17.2 Å². The van der Waals surface area contributed by atoms with Crippen LogP contribution in [0.3, 0.4) is 0 Å². The van der Waals surface area contributed by atoms with Crippen molar-refractivity contribution in [1.82, 2.24) is 4.98 Å². The molecule has 112 valence electrons. The Morgan fingerprint density at radius 3 is 2.90 bits per heavy atom. The molecule has 1 aliphatic heterocycles. The topological polar surface area (TPSA) is 66.6 Å². The maximum atomic E-state index is 6.07. The minimum Gasteiger partial charge on any atom is -0.486 e. The third-order valence-electron chi connectivity index (χ3n) is 3.40. The molecule has 0 radical (unpaired) electrons. The third-order valence-corrected chi connectivity index (χ3v) is 4.15. The van der Waals surface area contributed by atoms with Crippen LogP contribution in [0.1, 0.15) is 23.9 Å². The predicted octanol–water partition coefficient (Wildman–Crippen LogP) is 2.73. The molecule has 1 aromatic heterocycles. The number of hydrogen-bond donors (Lipinski definition) is 1. The lowest BCUT2D eigenvalue weighted by molar-refractivity contribution is 0.173. The fraction of sp³-hybridized carbons (Fsp3) is 0.400. The van der Waals surface area contributed by atoms with Crippen LogP contribution >= 0.6 is 11.3 Å². The zero-order valence-electron chi connectivity index (χ0n) is 11.9. The Morgan fingerprint density at radius 1 is 1.38 bits per heavy atom. The Bertz CT molecular complexity index is 601. The SMILES string of the molecule is CCC(N)Cc1cc2c(cc1OCc1nccs1)OCO2. The van der Waals surface area contributed by atoms with E-state index >= 15 is 0 Å². The second kappa shape index (κ2) is 6.32. The summed E-state index contributed by atoms with van der Waals surface area (Å²) >= 11 is 1.58. The van der Waals surface area contributed by atoms with Crippen molar-refractivity contribution >= 4 is 11.3 Å². The van der Waals surface area contributed by atoms with E-state index in [9.17, 15) is 0 Å². The molecule has 0 fully saturated rings. The molecule has 0 aliphatic carbocycles. The van der Waals surface area contributed by atoms with Gasteiger partial charge in [0.15, 0.2) is 11.5 Å². The van der Waals surface area contributed by atoms with Gasteiger partial charge in [0.05, 0.1) is 0 Å². The first-order chi connectivity index (χ1) is 10.3. The minimum absolute atomic E-state index is 0.104. The Balaban J connectivity index is 1.81. The average molecular weight is 306 g/mol. The average Bonchev–Trinajstić information content (AvgIpc) is 3.15. The molecule has 2 N–H and O–H groups in total. The number of ether oxygens (including phenoxy) is 3. The number of benzene rings is 1. The van der Waals surface area contributed by atoms with Crippen molar-refractivity contribution in [3.05, 3.63) is 34.3 Å². The van der Waals surface area contributed by atoms with Crippen molar-refractivity contribution < 1.29 is 14.2 Å². The third kappa shape index (κ3) is 3.28. The first-order valence-corrected chi connectivity index (χ1v) is 7.83. The molecule has 0 saturated heterocycles. The lowest BCUT2D eigenvalue weighted by atomic mass is 10.0. The quantitative estimate of drug-likeness (QED) is 0.889. The first-order valence-electron chi connectivity index (χ1n) is 6.95. The van der Waals surface area contributed by atoms with E-state index in [-0.39, 0.29) is 12.8 Å². The Kier molecular flexibility index (Phi) is 4.26. The molecular weight excluding hydrogens is 288 g/mol. The smallest absolute Gasteiger partial charge is 0.231 e. The lowest BCUT2D eigenvalue weighted by Gasteiger charge is -2.15. The molecule has 0 bridgehead atoms. The number of fused-ring (bicyclic) bond motifs is 1. The largest absolute Gasteiger partial charge is 0.486 e. The van der Waals surface area contributed by atoms with E-state index in [1.165, 1.54) is 0 Å². The van der Waals surface area contributed by atoms with Gasteiger partial charge in [-0.15, -0.1) is 11.3 Å². The van der Waals surface area contributed by atoms with Crippen LogP contribution in [0.15, 0.2) is 23.7 Å². The number of aromatic nitrogens is 1. The highest BCUT2D eigenvalue weighted by Gasteiger charge is 2.19. The summed E-state index contributed by atoms with van der Waals surface area (Å²) < 4.78 is 16.8. The van der Waals surface area contributed by atoms with Crippen LogP contribution in [-0.2, 0) is 13.0 Å². The molecule has 2 aromatic rings. The van der Waals surface area contributed by atoms with Crippen LogP contribution in [0.2, 0.25) is 0 Å². The second-order valence-corrected chi connectivity index (χ2v) is 5.88. The molecule has 1 aromatic carbocycles. The van der Waals surface area contributed by atoms with Crippen LogP contribution in [0.5, 0.6) is 17.2 Å². The van der Waals surface area contributed by atoms with Crippen LogP contribution in [-0.4, -0.2) is 17.8 Å². The minimum atomic E-state index is 0.104. The molecule has 1 aliphatic rings. The molecule has 3 rings (SSSR count). The van der Waals surface area contributed by atoms with Gasteiger partial charge in [-0.25, -0.2) is 4.98 Å².